The first-order chi connectivity index (χ1) is 17.5. The molecule has 1 amide bonds. The minimum atomic E-state index is -3.52. The Hall–Kier alpha value is -3.84. The van der Waals surface area contributed by atoms with Crippen LogP contribution in [0, 0.1) is 0 Å². The largest absolute Gasteiger partial charge is 0.445 e. The fraction of sp³-hybridized carbons (Fsp3) is 0.207. The van der Waals surface area contributed by atoms with Crippen molar-refractivity contribution in [1.82, 2.24) is 9.88 Å². The second-order valence-corrected chi connectivity index (χ2v) is 10.8. The van der Waals surface area contributed by atoms with Crippen molar-refractivity contribution in [1.29, 1.82) is 0 Å². The number of carbonyl (C=O) groups is 1. The van der Waals surface area contributed by atoms with E-state index in [0.29, 0.717) is 13.0 Å². The molecule has 0 radical (unpaired) electrons. The van der Waals surface area contributed by atoms with E-state index in [0.717, 1.165) is 40.4 Å². The lowest BCUT2D eigenvalue weighted by molar-refractivity contribution is 0.0921. The number of nitrogens with zero attached hydrogens (tertiary/aromatic N) is 1. The van der Waals surface area contributed by atoms with Crippen molar-refractivity contribution in [3.63, 3.8) is 0 Å². The van der Waals surface area contributed by atoms with Crippen LogP contribution in [0.1, 0.15) is 29.5 Å². The van der Waals surface area contributed by atoms with Gasteiger partial charge in [-0.25, -0.2) is 13.2 Å². The van der Waals surface area contributed by atoms with Crippen LogP contribution in [0.15, 0.2) is 95.4 Å². The molecule has 0 bridgehead atoms. The fourth-order valence-corrected chi connectivity index (χ4v) is 5.70. The molecule has 3 aromatic carbocycles. The molecule has 1 aliphatic heterocycles. The summed E-state index contributed by atoms with van der Waals surface area (Å²) in [6, 6.07) is 24.0. The molecule has 5 rings (SSSR count). The van der Waals surface area contributed by atoms with Gasteiger partial charge in [-0.1, -0.05) is 54.6 Å². The molecular formula is C29H28N2O4S. The molecule has 7 heteroatoms. The second kappa shape index (κ2) is 10.4. The minimum Gasteiger partial charge on any atom is -0.445 e. The number of rotatable bonds is 7. The molecule has 1 aromatic heterocycles. The van der Waals surface area contributed by atoms with Crippen molar-refractivity contribution < 1.29 is 17.9 Å². The summed E-state index contributed by atoms with van der Waals surface area (Å²) in [7, 11) is -3.52. The van der Waals surface area contributed by atoms with E-state index >= 15 is 0 Å². The van der Waals surface area contributed by atoms with E-state index in [1.54, 1.807) is 36.4 Å². The maximum atomic E-state index is 12.8. The average molecular weight is 501 g/mol. The number of amides is 1. The number of likely N-dealkylation sites (tertiary alicyclic amines) is 1. The molecule has 0 aliphatic carbocycles. The predicted molar refractivity (Wildman–Crippen MR) is 141 cm³/mol. The summed E-state index contributed by atoms with van der Waals surface area (Å²) in [4.78, 5) is 18.2. The van der Waals surface area contributed by atoms with E-state index in [-0.39, 0.29) is 23.6 Å². The molecule has 0 saturated carbocycles. The lowest BCUT2D eigenvalue weighted by Gasteiger charge is -2.24. The van der Waals surface area contributed by atoms with Crippen molar-refractivity contribution in [2.75, 3.05) is 6.54 Å². The van der Waals surface area contributed by atoms with Crippen molar-refractivity contribution in [2.24, 2.45) is 0 Å². The Balaban J connectivity index is 1.30. The monoisotopic (exact) mass is 500 g/mol. The fourth-order valence-electron chi connectivity index (χ4n) is 4.67. The normalized spacial score (nSPS) is 16.1. The Morgan fingerprint density at radius 3 is 2.56 bits per heavy atom. The van der Waals surface area contributed by atoms with Crippen molar-refractivity contribution in [3.05, 3.63) is 107 Å². The first-order valence-electron chi connectivity index (χ1n) is 12.1. The molecule has 2 heterocycles. The maximum Gasteiger partial charge on any atom is 0.410 e. The second-order valence-electron chi connectivity index (χ2n) is 9.01. The lowest BCUT2D eigenvalue weighted by atomic mass is 10.0. The van der Waals surface area contributed by atoms with E-state index < -0.39 is 9.84 Å². The van der Waals surface area contributed by atoms with Gasteiger partial charge in [-0.05, 0) is 66.3 Å². The number of H-pyrrole nitrogens is 1. The van der Waals surface area contributed by atoms with Gasteiger partial charge >= 0.3 is 6.09 Å². The van der Waals surface area contributed by atoms with Gasteiger partial charge in [-0.3, -0.25) is 0 Å². The Labute approximate surface area is 211 Å². The topological polar surface area (TPSA) is 79.5 Å². The molecule has 1 atom stereocenters. The van der Waals surface area contributed by atoms with Crippen molar-refractivity contribution in [3.8, 4) is 0 Å². The van der Waals surface area contributed by atoms with Crippen LogP contribution < -0.4 is 0 Å². The number of ether oxygens (including phenoxy) is 1. The first-order valence-corrected chi connectivity index (χ1v) is 13.6. The van der Waals surface area contributed by atoms with Crippen molar-refractivity contribution in [2.45, 2.75) is 36.8 Å². The number of hydrogen-bond donors (Lipinski definition) is 1. The first kappa shape index (κ1) is 23.9. The van der Waals surface area contributed by atoms with Crippen LogP contribution in [0.3, 0.4) is 0 Å². The summed E-state index contributed by atoms with van der Waals surface area (Å²) in [5.74, 6) is 0. The highest BCUT2D eigenvalue weighted by Gasteiger charge is 2.30. The van der Waals surface area contributed by atoms with E-state index in [2.05, 4.69) is 4.98 Å². The number of carbonyl (C=O) groups excluding carboxylic acids is 1. The smallest absolute Gasteiger partial charge is 0.410 e. The summed E-state index contributed by atoms with van der Waals surface area (Å²) in [6.07, 6.45) is 5.89. The molecule has 184 valence electrons. The third kappa shape index (κ3) is 5.36. The molecule has 1 fully saturated rings. The van der Waals surface area contributed by atoms with E-state index in [1.807, 2.05) is 59.6 Å². The quantitative estimate of drug-likeness (QED) is 0.340. The van der Waals surface area contributed by atoms with Gasteiger partial charge in [0.15, 0.2) is 9.84 Å². The van der Waals surface area contributed by atoms with Crippen LogP contribution in [0.2, 0.25) is 0 Å². The zero-order valence-corrected chi connectivity index (χ0v) is 20.7. The lowest BCUT2D eigenvalue weighted by Crippen LogP contribution is -2.37. The summed E-state index contributed by atoms with van der Waals surface area (Å²) in [5.41, 5.74) is 3.84. The van der Waals surface area contributed by atoms with E-state index in [9.17, 15) is 13.2 Å². The van der Waals surface area contributed by atoms with Crippen LogP contribution >= 0.6 is 0 Å². The van der Waals surface area contributed by atoms with Gasteiger partial charge in [-0.2, -0.15) is 0 Å². The maximum absolute atomic E-state index is 12.8. The predicted octanol–water partition coefficient (Wildman–Crippen LogP) is 5.96. The zero-order chi connectivity index (χ0) is 25.0. The molecule has 0 unspecified atom stereocenters. The molecule has 1 aliphatic rings. The molecule has 6 nitrogen and oxygen atoms in total. The Morgan fingerprint density at radius 1 is 1.03 bits per heavy atom. The number of aromatic nitrogens is 1. The van der Waals surface area contributed by atoms with Gasteiger partial charge < -0.3 is 14.6 Å². The molecule has 1 saturated heterocycles. The highest BCUT2D eigenvalue weighted by atomic mass is 32.2. The van der Waals surface area contributed by atoms with Gasteiger partial charge in [0.1, 0.15) is 6.61 Å². The summed E-state index contributed by atoms with van der Waals surface area (Å²) in [6.45, 7) is 0.948. The SMILES string of the molecule is O=C(OCc1ccccc1)N1CCC[C@@H]1Cc1c[nH]c2ccc(/C=C/S(=O)(=O)c3ccccc3)cc12. The standard InChI is InChI=1S/C29H28N2O4S/c32-29(35-21-23-8-3-1-4-9-23)31-16-7-10-25(31)19-24-20-30-28-14-13-22(18-27(24)28)15-17-36(33,34)26-11-5-2-6-12-26/h1-6,8-9,11-15,17-18,20,25,30H,7,10,16,19,21H2/b17-15+/t25-/m1/s1. The van der Waals surface area contributed by atoms with Gasteiger partial charge in [-0.15, -0.1) is 0 Å². The van der Waals surface area contributed by atoms with Crippen molar-refractivity contribution >= 4 is 32.9 Å². The molecule has 4 aromatic rings. The summed E-state index contributed by atoms with van der Waals surface area (Å²) < 4.78 is 30.8. The van der Waals surface area contributed by atoms with Gasteiger partial charge in [0.05, 0.1) is 4.90 Å². The molecule has 1 N–H and O–H groups in total. The van der Waals surface area contributed by atoms with Gasteiger partial charge in [0.25, 0.3) is 0 Å². The van der Waals surface area contributed by atoms with E-state index in [4.69, 9.17) is 4.74 Å². The highest BCUT2D eigenvalue weighted by Crippen LogP contribution is 2.27. The Kier molecular flexibility index (Phi) is 6.91. The zero-order valence-electron chi connectivity index (χ0n) is 19.8. The van der Waals surface area contributed by atoms with Crippen LogP contribution in [-0.4, -0.2) is 37.0 Å². The molecular weight excluding hydrogens is 472 g/mol. The number of fused-ring (bicyclic) bond motifs is 1. The summed E-state index contributed by atoms with van der Waals surface area (Å²) >= 11 is 0. The number of hydrogen-bond acceptors (Lipinski definition) is 4. The van der Waals surface area contributed by atoms with Gasteiger partial charge in [0.2, 0.25) is 0 Å². The number of nitrogens with one attached hydrogen (secondary N) is 1. The number of benzene rings is 3. The minimum absolute atomic E-state index is 0.0601. The molecule has 36 heavy (non-hydrogen) atoms. The summed E-state index contributed by atoms with van der Waals surface area (Å²) in [5, 5.41) is 2.27. The Morgan fingerprint density at radius 2 is 1.78 bits per heavy atom. The van der Waals surface area contributed by atoms with E-state index in [1.165, 1.54) is 5.41 Å². The van der Waals surface area contributed by atoms with Crippen LogP contribution in [0.4, 0.5) is 4.79 Å². The third-order valence-corrected chi connectivity index (χ3v) is 8.00. The average Bonchev–Trinajstić information content (AvgIpc) is 3.54. The van der Waals surface area contributed by atoms with Gasteiger partial charge in [0, 0.05) is 35.1 Å². The number of aromatic amines is 1. The van der Waals surface area contributed by atoms with Crippen LogP contribution in [0.5, 0.6) is 0 Å². The Bertz CT molecular complexity index is 1480. The molecule has 0 spiro atoms. The van der Waals surface area contributed by atoms with Crippen LogP contribution in [-0.2, 0) is 27.6 Å². The number of sulfone groups is 1. The van der Waals surface area contributed by atoms with Crippen LogP contribution in [0.25, 0.3) is 17.0 Å². The highest BCUT2D eigenvalue weighted by molar-refractivity contribution is 7.94. The third-order valence-electron chi connectivity index (χ3n) is 6.58.